The summed E-state index contributed by atoms with van der Waals surface area (Å²) in [5, 5.41) is 15.4. The van der Waals surface area contributed by atoms with E-state index in [1.54, 1.807) is 12.3 Å². The summed E-state index contributed by atoms with van der Waals surface area (Å²) < 4.78 is 18.7. The van der Waals surface area contributed by atoms with E-state index in [-0.39, 0.29) is 28.5 Å². The molecular weight excluding hydrogens is 525 g/mol. The lowest BCUT2D eigenvalue weighted by atomic mass is 9.96. The minimum atomic E-state index is -1.17. The molecule has 0 saturated heterocycles. The average Bonchev–Trinajstić information content (AvgIpc) is 3.23. The molecule has 32 heavy (non-hydrogen) atoms. The first-order valence-electron chi connectivity index (χ1n) is 9.75. The summed E-state index contributed by atoms with van der Waals surface area (Å²) in [6.07, 6.45) is 0.519. The van der Waals surface area contributed by atoms with Crippen LogP contribution in [-0.2, 0) is 14.3 Å². The van der Waals surface area contributed by atoms with E-state index in [0.717, 1.165) is 6.07 Å². The van der Waals surface area contributed by atoms with Gasteiger partial charge in [0, 0.05) is 27.0 Å². The number of hydrogen-bond acceptors (Lipinski definition) is 7. The van der Waals surface area contributed by atoms with Crippen molar-refractivity contribution in [3.8, 4) is 0 Å². The summed E-state index contributed by atoms with van der Waals surface area (Å²) in [5.41, 5.74) is 1.29. The fourth-order valence-electron chi connectivity index (χ4n) is 3.30. The number of aliphatic imine (C=N–C) groups is 1. The van der Waals surface area contributed by atoms with Gasteiger partial charge in [0.25, 0.3) is 0 Å². The number of nitrogens with zero attached hydrogens (tertiary/aromatic N) is 2. The summed E-state index contributed by atoms with van der Waals surface area (Å²) in [6, 6.07) is 2.78. The largest absolute Gasteiger partial charge is 0.478 e. The maximum Gasteiger partial charge on any atom is 0.335 e. The molecule has 11 heteroatoms. The lowest BCUT2D eigenvalue weighted by Gasteiger charge is -2.25. The first kappa shape index (κ1) is 24.3. The number of allylic oxidation sites excluding steroid dienone is 1. The molecular formula is C21H20BrClFN3O4S. The molecule has 0 spiro atoms. The molecule has 0 fully saturated rings. The van der Waals surface area contributed by atoms with Crippen molar-refractivity contribution in [3.05, 3.63) is 62.0 Å². The molecule has 0 bridgehead atoms. The predicted molar refractivity (Wildman–Crippen MR) is 124 cm³/mol. The normalized spacial score (nSPS) is 16.9. The Morgan fingerprint density at radius 2 is 2.16 bits per heavy atom. The van der Waals surface area contributed by atoms with Crippen LogP contribution in [0.3, 0.4) is 0 Å². The third-order valence-corrected chi connectivity index (χ3v) is 6.56. The molecule has 170 valence electrons. The molecule has 2 unspecified atom stereocenters. The second-order valence-electron chi connectivity index (χ2n) is 6.79. The number of thiazole rings is 1. The quantitative estimate of drug-likeness (QED) is 0.365. The van der Waals surface area contributed by atoms with Crippen molar-refractivity contribution in [2.24, 2.45) is 4.99 Å². The lowest BCUT2D eigenvalue weighted by Crippen LogP contribution is -2.34. The van der Waals surface area contributed by atoms with E-state index in [1.807, 2.05) is 6.92 Å². The third-order valence-electron chi connectivity index (χ3n) is 4.81. The van der Waals surface area contributed by atoms with E-state index in [2.05, 4.69) is 31.2 Å². The predicted octanol–water partition coefficient (Wildman–Crippen LogP) is 4.82. The molecule has 0 amide bonds. The van der Waals surface area contributed by atoms with Gasteiger partial charge in [0.15, 0.2) is 10.8 Å². The second-order valence-corrected chi connectivity index (χ2v) is 8.62. The van der Waals surface area contributed by atoms with E-state index in [1.165, 1.54) is 23.5 Å². The van der Waals surface area contributed by atoms with Gasteiger partial charge in [0.05, 0.1) is 23.8 Å². The van der Waals surface area contributed by atoms with Crippen LogP contribution in [0.25, 0.3) is 0 Å². The molecule has 1 aliphatic heterocycles. The summed E-state index contributed by atoms with van der Waals surface area (Å²) in [4.78, 5) is 33.4. The lowest BCUT2D eigenvalue weighted by molar-refractivity contribution is -0.145. The number of halogens is 3. The molecule has 0 saturated carbocycles. The molecule has 7 nitrogen and oxygen atoms in total. The fraction of sp³-hybridized carbons (Fsp3) is 0.333. The van der Waals surface area contributed by atoms with Crippen molar-refractivity contribution in [2.75, 3.05) is 11.9 Å². The number of rotatable bonds is 8. The van der Waals surface area contributed by atoms with Gasteiger partial charge < -0.3 is 15.2 Å². The zero-order valence-corrected chi connectivity index (χ0v) is 20.4. The van der Waals surface area contributed by atoms with Crippen LogP contribution in [0.4, 0.5) is 4.39 Å². The molecule has 0 radical (unpaired) electrons. The van der Waals surface area contributed by atoms with Crippen molar-refractivity contribution in [1.29, 1.82) is 0 Å². The summed E-state index contributed by atoms with van der Waals surface area (Å²) in [7, 11) is 0. The first-order valence-corrected chi connectivity index (χ1v) is 12.1. The van der Waals surface area contributed by atoms with Gasteiger partial charge in [-0.15, -0.1) is 11.3 Å². The maximum absolute atomic E-state index is 13.6. The van der Waals surface area contributed by atoms with Crippen LogP contribution in [0.5, 0.6) is 0 Å². The van der Waals surface area contributed by atoms with E-state index >= 15 is 0 Å². The third kappa shape index (κ3) is 5.02. The Kier molecular flexibility index (Phi) is 8.02. The Balaban J connectivity index is 2.05. The number of carboxylic acids is 1. The molecule has 1 aromatic carbocycles. The van der Waals surface area contributed by atoms with Crippen molar-refractivity contribution < 1.29 is 23.8 Å². The Bertz CT molecular complexity index is 1100. The topological polar surface area (TPSA) is 101 Å². The number of carbonyl (C=O) groups is 2. The standard InChI is InChI=1S/C21H20BrClFN3O4S/c1-3-11(21(30)31-4-2)15-9-32-19(26-15)18-25-14(8-22)16(20(28)29)17(27-18)12-6-5-10(24)7-13(12)23/h5-7,9,11,17H,3-4,8H2,1-2H3,(H,25,27)(H,28,29). The fourth-order valence-corrected chi connectivity index (χ4v) is 4.84. The number of benzene rings is 1. The number of nitrogens with one attached hydrogen (secondary N) is 1. The number of alkyl halides is 1. The van der Waals surface area contributed by atoms with Gasteiger partial charge in [-0.1, -0.05) is 40.5 Å². The Morgan fingerprint density at radius 1 is 1.41 bits per heavy atom. The number of amidine groups is 1. The molecule has 2 aromatic rings. The Morgan fingerprint density at radius 3 is 2.75 bits per heavy atom. The van der Waals surface area contributed by atoms with Crippen LogP contribution < -0.4 is 5.32 Å². The van der Waals surface area contributed by atoms with Crippen molar-refractivity contribution in [1.82, 2.24) is 10.3 Å². The minimum Gasteiger partial charge on any atom is -0.478 e. The molecule has 2 N–H and O–H groups in total. The van der Waals surface area contributed by atoms with E-state index in [4.69, 9.17) is 16.3 Å². The smallest absolute Gasteiger partial charge is 0.335 e. The monoisotopic (exact) mass is 543 g/mol. The maximum atomic E-state index is 13.6. The zero-order chi connectivity index (χ0) is 23.4. The highest BCUT2D eigenvalue weighted by molar-refractivity contribution is 9.09. The van der Waals surface area contributed by atoms with Crippen molar-refractivity contribution >= 4 is 56.6 Å². The van der Waals surface area contributed by atoms with Gasteiger partial charge in [0.1, 0.15) is 11.9 Å². The Labute approximate surface area is 201 Å². The number of esters is 1. The van der Waals surface area contributed by atoms with Crippen LogP contribution in [0.1, 0.15) is 48.5 Å². The molecule has 1 aliphatic rings. The van der Waals surface area contributed by atoms with E-state index in [9.17, 15) is 19.1 Å². The van der Waals surface area contributed by atoms with E-state index < -0.39 is 23.7 Å². The highest BCUT2D eigenvalue weighted by atomic mass is 79.9. The van der Waals surface area contributed by atoms with E-state index in [0.29, 0.717) is 34.2 Å². The SMILES string of the molecule is CCOC(=O)C(CC)c1csc(C2=NC(c3ccc(F)cc3Cl)C(C(=O)O)=C(CBr)N2)n1. The number of carboxylic acid groups (broad SMARTS) is 1. The van der Waals surface area contributed by atoms with Gasteiger partial charge in [0.2, 0.25) is 0 Å². The van der Waals surface area contributed by atoms with Crippen molar-refractivity contribution in [2.45, 2.75) is 32.2 Å². The second kappa shape index (κ2) is 10.5. The van der Waals surface area contributed by atoms with Gasteiger partial charge >= 0.3 is 11.9 Å². The van der Waals surface area contributed by atoms with Crippen LogP contribution in [0, 0.1) is 5.82 Å². The number of hydrogen-bond donors (Lipinski definition) is 2. The summed E-state index contributed by atoms with van der Waals surface area (Å²) >= 11 is 10.8. The number of aromatic nitrogens is 1. The van der Waals surface area contributed by atoms with Gasteiger partial charge in [-0.25, -0.2) is 14.2 Å². The molecule has 2 heterocycles. The minimum absolute atomic E-state index is 0.00567. The van der Waals surface area contributed by atoms with Crippen LogP contribution >= 0.6 is 38.9 Å². The first-order chi connectivity index (χ1) is 15.3. The highest BCUT2D eigenvalue weighted by Crippen LogP contribution is 2.36. The molecule has 0 aliphatic carbocycles. The molecule has 1 aromatic heterocycles. The highest BCUT2D eigenvalue weighted by Gasteiger charge is 2.33. The summed E-state index contributed by atoms with van der Waals surface area (Å²) in [5.74, 6) is -2.23. The Hall–Kier alpha value is -2.30. The average molecular weight is 545 g/mol. The number of aliphatic carboxylic acids is 1. The zero-order valence-electron chi connectivity index (χ0n) is 17.2. The van der Waals surface area contributed by atoms with Crippen molar-refractivity contribution in [3.63, 3.8) is 0 Å². The van der Waals surface area contributed by atoms with Gasteiger partial charge in [-0.3, -0.25) is 9.79 Å². The van der Waals surface area contributed by atoms with Gasteiger partial charge in [-0.2, -0.15) is 0 Å². The van der Waals surface area contributed by atoms with Crippen LogP contribution in [0.15, 0.2) is 39.8 Å². The number of carbonyl (C=O) groups excluding carboxylic acids is 1. The number of ether oxygens (including phenoxy) is 1. The molecule has 2 atom stereocenters. The van der Waals surface area contributed by atoms with Gasteiger partial charge in [-0.05, 0) is 25.5 Å². The van der Waals surface area contributed by atoms with Crippen LogP contribution in [-0.4, -0.2) is 39.8 Å². The van der Waals surface area contributed by atoms with Crippen LogP contribution in [0.2, 0.25) is 5.02 Å². The molecule has 3 rings (SSSR count). The summed E-state index contributed by atoms with van der Waals surface area (Å²) in [6.45, 7) is 3.89.